The number of ether oxygens (including phenoxy) is 1. The number of aliphatic hydroxyl groups is 1. The summed E-state index contributed by atoms with van der Waals surface area (Å²) in [5.41, 5.74) is 0.451. The van der Waals surface area contributed by atoms with E-state index in [1.165, 1.54) is 0 Å². The average Bonchev–Trinajstić information content (AvgIpc) is 2.39. The maximum Gasteiger partial charge on any atom is 0.319 e. The molecule has 0 aliphatic rings. The van der Waals surface area contributed by atoms with Gasteiger partial charge in [-0.2, -0.15) is 0 Å². The minimum atomic E-state index is -0.394. The lowest BCUT2D eigenvalue weighted by Gasteiger charge is -2.21. The van der Waals surface area contributed by atoms with Crippen molar-refractivity contribution in [2.24, 2.45) is 5.92 Å². The summed E-state index contributed by atoms with van der Waals surface area (Å²) in [6, 6.07) is 6.96. The second kappa shape index (κ2) is 8.03. The minimum absolute atomic E-state index is 0.195. The molecule has 1 aromatic carbocycles. The molecule has 0 saturated heterocycles. The number of rotatable bonds is 6. The Labute approximate surface area is 133 Å². The van der Waals surface area contributed by atoms with Gasteiger partial charge >= 0.3 is 6.03 Å². The van der Waals surface area contributed by atoms with E-state index in [0.717, 1.165) is 5.75 Å². The van der Waals surface area contributed by atoms with Gasteiger partial charge in [0.05, 0.1) is 6.10 Å². The number of nitrogens with one attached hydrogen (secondary N) is 2. The van der Waals surface area contributed by atoms with Gasteiger partial charge in [0.25, 0.3) is 0 Å². The van der Waals surface area contributed by atoms with Crippen molar-refractivity contribution in [2.45, 2.75) is 52.7 Å². The molecule has 0 fully saturated rings. The fraction of sp³-hybridized carbons (Fsp3) is 0.588. The Hall–Kier alpha value is -1.75. The minimum Gasteiger partial charge on any atom is -0.488 e. The van der Waals surface area contributed by atoms with Crippen LogP contribution in [-0.2, 0) is 0 Å². The molecule has 2 amide bonds. The van der Waals surface area contributed by atoms with Crippen molar-refractivity contribution < 1.29 is 14.6 Å². The molecule has 0 aliphatic heterocycles. The molecule has 0 bridgehead atoms. The lowest BCUT2D eigenvalue weighted by molar-refractivity contribution is 0.117. The molecule has 0 heterocycles. The van der Waals surface area contributed by atoms with Gasteiger partial charge in [0.2, 0.25) is 0 Å². The lowest BCUT2D eigenvalue weighted by atomic mass is 10.0. The number of carbonyl (C=O) groups excluding carboxylic acids is 1. The number of carbonyl (C=O) groups is 1. The third-order valence-electron chi connectivity index (χ3n) is 3.03. The predicted octanol–water partition coefficient (Wildman–Crippen LogP) is 3.39. The van der Waals surface area contributed by atoms with Gasteiger partial charge < -0.3 is 20.5 Å². The SMILES string of the molecule is CC(C)C(O)CCNC(=O)Nc1ccc(OC(C)(C)C)cc1. The topological polar surface area (TPSA) is 70.6 Å². The van der Waals surface area contributed by atoms with Crippen LogP contribution in [-0.4, -0.2) is 29.4 Å². The van der Waals surface area contributed by atoms with Gasteiger partial charge in [0.1, 0.15) is 11.4 Å². The van der Waals surface area contributed by atoms with Crippen LogP contribution in [0.4, 0.5) is 10.5 Å². The third kappa shape index (κ3) is 7.31. The Kier molecular flexibility index (Phi) is 6.68. The summed E-state index contributed by atoms with van der Waals surface area (Å²) < 4.78 is 5.72. The van der Waals surface area contributed by atoms with Gasteiger partial charge in [0.15, 0.2) is 0 Å². The number of anilines is 1. The van der Waals surface area contributed by atoms with Crippen LogP contribution in [0.1, 0.15) is 41.0 Å². The molecule has 0 aromatic heterocycles. The number of urea groups is 1. The van der Waals surface area contributed by atoms with E-state index in [4.69, 9.17) is 4.74 Å². The summed E-state index contributed by atoms with van der Waals surface area (Å²) in [4.78, 5) is 11.7. The van der Waals surface area contributed by atoms with Crippen molar-refractivity contribution in [3.8, 4) is 5.75 Å². The fourth-order valence-electron chi connectivity index (χ4n) is 1.80. The number of hydrogen-bond acceptors (Lipinski definition) is 3. The van der Waals surface area contributed by atoms with Gasteiger partial charge in [-0.3, -0.25) is 0 Å². The summed E-state index contributed by atoms with van der Waals surface area (Å²) in [5, 5.41) is 15.1. The van der Waals surface area contributed by atoms with Crippen LogP contribution in [0, 0.1) is 5.92 Å². The van der Waals surface area contributed by atoms with Gasteiger partial charge in [-0.05, 0) is 57.4 Å². The van der Waals surface area contributed by atoms with Gasteiger partial charge in [0, 0.05) is 12.2 Å². The number of benzene rings is 1. The lowest BCUT2D eigenvalue weighted by Crippen LogP contribution is -2.32. The first kappa shape index (κ1) is 18.3. The van der Waals surface area contributed by atoms with E-state index >= 15 is 0 Å². The van der Waals surface area contributed by atoms with Crippen molar-refractivity contribution in [1.82, 2.24) is 5.32 Å². The molecular weight excluding hydrogens is 280 g/mol. The molecule has 0 spiro atoms. The summed E-state index contributed by atoms with van der Waals surface area (Å²) in [7, 11) is 0. The highest BCUT2D eigenvalue weighted by Gasteiger charge is 2.12. The first-order valence-corrected chi connectivity index (χ1v) is 7.69. The molecule has 5 nitrogen and oxygen atoms in total. The van der Waals surface area contributed by atoms with E-state index in [2.05, 4.69) is 10.6 Å². The quantitative estimate of drug-likeness (QED) is 0.754. The van der Waals surface area contributed by atoms with Crippen LogP contribution >= 0.6 is 0 Å². The summed E-state index contributed by atoms with van der Waals surface area (Å²) >= 11 is 0. The summed E-state index contributed by atoms with van der Waals surface area (Å²) in [6.45, 7) is 10.3. The maximum atomic E-state index is 11.7. The van der Waals surface area contributed by atoms with E-state index in [1.807, 2.05) is 46.8 Å². The molecular formula is C17H28N2O3. The molecule has 0 aliphatic carbocycles. The zero-order valence-corrected chi connectivity index (χ0v) is 14.1. The second-order valence-corrected chi connectivity index (χ2v) is 6.72. The Morgan fingerprint density at radius 2 is 1.82 bits per heavy atom. The van der Waals surface area contributed by atoms with Crippen molar-refractivity contribution in [1.29, 1.82) is 0 Å². The van der Waals surface area contributed by atoms with E-state index in [1.54, 1.807) is 12.1 Å². The van der Waals surface area contributed by atoms with Crippen LogP contribution < -0.4 is 15.4 Å². The Balaban J connectivity index is 2.39. The zero-order chi connectivity index (χ0) is 16.8. The summed E-state index contributed by atoms with van der Waals surface area (Å²) in [6.07, 6.45) is 0.151. The average molecular weight is 308 g/mol. The molecule has 0 radical (unpaired) electrons. The first-order valence-electron chi connectivity index (χ1n) is 7.69. The smallest absolute Gasteiger partial charge is 0.319 e. The molecule has 1 aromatic rings. The highest BCUT2D eigenvalue weighted by molar-refractivity contribution is 5.89. The number of hydrogen-bond donors (Lipinski definition) is 3. The van der Waals surface area contributed by atoms with Gasteiger partial charge in [-0.1, -0.05) is 13.8 Å². The zero-order valence-electron chi connectivity index (χ0n) is 14.1. The van der Waals surface area contributed by atoms with E-state index in [-0.39, 0.29) is 17.6 Å². The number of aliphatic hydroxyl groups excluding tert-OH is 1. The van der Waals surface area contributed by atoms with Crippen LogP contribution in [0.25, 0.3) is 0 Å². The fourth-order valence-corrected chi connectivity index (χ4v) is 1.80. The molecule has 124 valence electrons. The number of amides is 2. The molecule has 22 heavy (non-hydrogen) atoms. The van der Waals surface area contributed by atoms with Crippen LogP contribution in [0.5, 0.6) is 5.75 Å². The normalized spacial score (nSPS) is 12.9. The van der Waals surface area contributed by atoms with Crippen LogP contribution in [0.3, 0.4) is 0 Å². The second-order valence-electron chi connectivity index (χ2n) is 6.72. The third-order valence-corrected chi connectivity index (χ3v) is 3.03. The monoisotopic (exact) mass is 308 g/mol. The largest absolute Gasteiger partial charge is 0.488 e. The maximum absolute atomic E-state index is 11.7. The van der Waals surface area contributed by atoms with Crippen molar-refractivity contribution in [3.05, 3.63) is 24.3 Å². The highest BCUT2D eigenvalue weighted by Crippen LogP contribution is 2.20. The van der Waals surface area contributed by atoms with Crippen molar-refractivity contribution >= 4 is 11.7 Å². The van der Waals surface area contributed by atoms with Crippen molar-refractivity contribution in [2.75, 3.05) is 11.9 Å². The van der Waals surface area contributed by atoms with Crippen LogP contribution in [0.2, 0.25) is 0 Å². The van der Waals surface area contributed by atoms with Gasteiger partial charge in [-0.15, -0.1) is 0 Å². The molecule has 5 heteroatoms. The van der Waals surface area contributed by atoms with E-state index in [0.29, 0.717) is 18.7 Å². The Morgan fingerprint density at radius 3 is 2.32 bits per heavy atom. The summed E-state index contributed by atoms with van der Waals surface area (Å²) in [5.74, 6) is 0.957. The Bertz CT molecular complexity index is 464. The first-order chi connectivity index (χ1) is 10.2. The molecule has 1 unspecified atom stereocenters. The van der Waals surface area contributed by atoms with Crippen molar-refractivity contribution in [3.63, 3.8) is 0 Å². The van der Waals surface area contributed by atoms with Gasteiger partial charge in [-0.25, -0.2) is 4.79 Å². The molecule has 1 atom stereocenters. The van der Waals surface area contributed by atoms with E-state index < -0.39 is 6.10 Å². The highest BCUT2D eigenvalue weighted by atomic mass is 16.5. The van der Waals surface area contributed by atoms with Crippen LogP contribution in [0.15, 0.2) is 24.3 Å². The molecule has 1 rings (SSSR count). The molecule has 3 N–H and O–H groups in total. The molecule has 0 saturated carbocycles. The Morgan fingerprint density at radius 1 is 1.23 bits per heavy atom. The van der Waals surface area contributed by atoms with E-state index in [9.17, 15) is 9.90 Å². The predicted molar refractivity (Wildman–Crippen MR) is 89.3 cm³/mol. The standard InChI is InChI=1S/C17H28N2O3/c1-12(2)15(20)10-11-18-16(21)19-13-6-8-14(9-7-13)22-17(3,4)5/h6-9,12,15,20H,10-11H2,1-5H3,(H2,18,19,21).